The molecule has 0 amide bonds. The maximum Gasteiger partial charge on any atom is 0.161 e. The lowest BCUT2D eigenvalue weighted by atomic mass is 9.95. The number of benzene rings is 2. The molecule has 33 heavy (non-hydrogen) atoms. The standard InChI is InChI=1S/C29H43ClNO2/c1-4-5-6-7-8-9-10-11-14-18-31(22-25-15-12-13-16-27(25)30)19-17-24-20-28(32-2)29(33-3)21-26(24)23-31/h12-13,15-16,20-21H,4-11,14,17-19,22-23H2,1-3H3/q+1. The molecule has 0 N–H and O–H groups in total. The van der Waals surface area contributed by atoms with Crippen LogP contribution < -0.4 is 9.47 Å². The molecule has 0 saturated heterocycles. The van der Waals surface area contributed by atoms with Crippen LogP contribution in [0.3, 0.4) is 0 Å². The Morgan fingerprint density at radius 1 is 0.818 bits per heavy atom. The van der Waals surface area contributed by atoms with Gasteiger partial charge in [-0.15, -0.1) is 0 Å². The molecule has 4 heteroatoms. The van der Waals surface area contributed by atoms with Crippen LogP contribution >= 0.6 is 11.6 Å². The third kappa shape index (κ3) is 7.39. The fraction of sp³-hybridized carbons (Fsp3) is 0.586. The zero-order valence-electron chi connectivity index (χ0n) is 21.0. The van der Waals surface area contributed by atoms with Gasteiger partial charge in [0.05, 0.1) is 27.3 Å². The van der Waals surface area contributed by atoms with Crippen LogP contribution in [0.1, 0.15) is 81.4 Å². The summed E-state index contributed by atoms with van der Waals surface area (Å²) in [5.41, 5.74) is 4.05. The number of fused-ring (bicyclic) bond motifs is 1. The highest BCUT2D eigenvalue weighted by Crippen LogP contribution is 2.37. The predicted octanol–water partition coefficient (Wildman–Crippen LogP) is 7.96. The average Bonchev–Trinajstić information content (AvgIpc) is 2.83. The number of halogens is 1. The molecule has 1 aliphatic rings. The maximum atomic E-state index is 6.60. The first kappa shape index (κ1) is 25.9. The molecule has 1 atom stereocenters. The largest absolute Gasteiger partial charge is 0.493 e. The van der Waals surface area contributed by atoms with Gasteiger partial charge in [0.2, 0.25) is 0 Å². The van der Waals surface area contributed by atoms with Crippen LogP contribution in [0.2, 0.25) is 5.02 Å². The van der Waals surface area contributed by atoms with Crippen LogP contribution in [-0.4, -0.2) is 31.8 Å². The zero-order valence-corrected chi connectivity index (χ0v) is 21.8. The fourth-order valence-corrected chi connectivity index (χ4v) is 5.49. The van der Waals surface area contributed by atoms with E-state index in [1.54, 1.807) is 14.2 Å². The molecular formula is C29H43ClNO2+. The highest BCUT2D eigenvalue weighted by molar-refractivity contribution is 6.31. The third-order valence-corrected chi connectivity index (χ3v) is 7.64. The summed E-state index contributed by atoms with van der Waals surface area (Å²) in [6.07, 6.45) is 13.3. The lowest BCUT2D eigenvalue weighted by Crippen LogP contribution is -2.51. The number of hydrogen-bond donors (Lipinski definition) is 0. The quantitative estimate of drug-likeness (QED) is 0.205. The molecule has 3 rings (SSSR count). The molecule has 0 radical (unpaired) electrons. The van der Waals surface area contributed by atoms with E-state index in [9.17, 15) is 0 Å². The number of nitrogens with zero attached hydrogens (tertiary/aromatic N) is 1. The number of hydrogen-bond acceptors (Lipinski definition) is 2. The summed E-state index contributed by atoms with van der Waals surface area (Å²) in [5.74, 6) is 1.67. The Hall–Kier alpha value is -1.71. The van der Waals surface area contributed by atoms with E-state index in [0.717, 1.165) is 47.1 Å². The molecule has 0 spiro atoms. The first-order valence-corrected chi connectivity index (χ1v) is 13.3. The molecule has 2 aromatic carbocycles. The van der Waals surface area contributed by atoms with Crippen molar-refractivity contribution in [2.45, 2.75) is 84.2 Å². The Labute approximate surface area is 206 Å². The van der Waals surface area contributed by atoms with E-state index in [0.29, 0.717) is 0 Å². The molecular weight excluding hydrogens is 430 g/mol. The van der Waals surface area contributed by atoms with Crippen LogP contribution in [-0.2, 0) is 19.5 Å². The van der Waals surface area contributed by atoms with Gasteiger partial charge in [0.15, 0.2) is 11.5 Å². The summed E-state index contributed by atoms with van der Waals surface area (Å²) in [7, 11) is 3.44. The van der Waals surface area contributed by atoms with Crippen LogP contribution in [0.25, 0.3) is 0 Å². The zero-order chi connectivity index (χ0) is 23.5. The maximum absolute atomic E-state index is 6.60. The van der Waals surface area contributed by atoms with Crippen molar-refractivity contribution in [3.63, 3.8) is 0 Å². The van der Waals surface area contributed by atoms with E-state index in [1.165, 1.54) is 81.0 Å². The lowest BCUT2D eigenvalue weighted by molar-refractivity contribution is -0.955. The van der Waals surface area contributed by atoms with Gasteiger partial charge in [0.1, 0.15) is 13.1 Å². The Morgan fingerprint density at radius 3 is 2.06 bits per heavy atom. The van der Waals surface area contributed by atoms with Crippen LogP contribution in [0, 0.1) is 0 Å². The summed E-state index contributed by atoms with van der Waals surface area (Å²) >= 11 is 6.60. The summed E-state index contributed by atoms with van der Waals surface area (Å²) in [4.78, 5) is 0. The highest BCUT2D eigenvalue weighted by atomic mass is 35.5. The van der Waals surface area contributed by atoms with E-state index in [4.69, 9.17) is 21.1 Å². The van der Waals surface area contributed by atoms with Crippen molar-refractivity contribution in [3.05, 3.63) is 58.1 Å². The van der Waals surface area contributed by atoms with Gasteiger partial charge in [-0.25, -0.2) is 0 Å². The second-order valence-electron chi connectivity index (χ2n) is 9.75. The molecule has 3 nitrogen and oxygen atoms in total. The highest BCUT2D eigenvalue weighted by Gasteiger charge is 2.34. The molecule has 182 valence electrons. The van der Waals surface area contributed by atoms with Gasteiger partial charge < -0.3 is 14.0 Å². The van der Waals surface area contributed by atoms with Gasteiger partial charge >= 0.3 is 0 Å². The molecule has 0 aliphatic carbocycles. The fourth-order valence-electron chi connectivity index (χ4n) is 5.29. The van der Waals surface area contributed by atoms with E-state index < -0.39 is 0 Å². The topological polar surface area (TPSA) is 18.5 Å². The lowest BCUT2D eigenvalue weighted by Gasteiger charge is -2.43. The Kier molecular flexibility index (Phi) is 10.4. The molecule has 0 aromatic heterocycles. The normalized spacial score (nSPS) is 17.6. The van der Waals surface area contributed by atoms with E-state index in [-0.39, 0.29) is 0 Å². The SMILES string of the molecule is CCCCCCCCCCC[N+]1(Cc2ccccc2Cl)CCc2cc(OC)c(OC)cc2C1. The molecule has 2 aromatic rings. The summed E-state index contributed by atoms with van der Waals surface area (Å²) < 4.78 is 12.2. The van der Waals surface area contributed by atoms with Gasteiger partial charge in [-0.05, 0) is 36.6 Å². The number of methoxy groups -OCH3 is 2. The van der Waals surface area contributed by atoms with Crippen LogP contribution in [0.15, 0.2) is 36.4 Å². The van der Waals surface area contributed by atoms with Crippen molar-refractivity contribution in [1.29, 1.82) is 0 Å². The molecule has 1 heterocycles. The number of unbranched alkanes of at least 4 members (excludes halogenated alkanes) is 8. The first-order chi connectivity index (χ1) is 16.1. The van der Waals surface area contributed by atoms with Crippen molar-refractivity contribution in [2.75, 3.05) is 27.3 Å². The number of rotatable bonds is 14. The van der Waals surface area contributed by atoms with Crippen molar-refractivity contribution < 1.29 is 14.0 Å². The number of ether oxygens (including phenoxy) is 2. The molecule has 0 fully saturated rings. The predicted molar refractivity (Wildman–Crippen MR) is 139 cm³/mol. The minimum absolute atomic E-state index is 0.831. The van der Waals surface area contributed by atoms with Gasteiger partial charge in [-0.1, -0.05) is 81.7 Å². The van der Waals surface area contributed by atoms with Gasteiger partial charge in [0, 0.05) is 22.6 Å². The van der Waals surface area contributed by atoms with E-state index >= 15 is 0 Å². The van der Waals surface area contributed by atoms with Crippen molar-refractivity contribution in [3.8, 4) is 11.5 Å². The smallest absolute Gasteiger partial charge is 0.161 e. The summed E-state index contributed by atoms with van der Waals surface area (Å²) in [6, 6.07) is 12.7. The van der Waals surface area contributed by atoms with Gasteiger partial charge in [0.25, 0.3) is 0 Å². The number of quaternary nitrogens is 1. The molecule has 1 unspecified atom stereocenters. The van der Waals surface area contributed by atoms with Crippen molar-refractivity contribution in [1.82, 2.24) is 0 Å². The van der Waals surface area contributed by atoms with E-state index in [1.807, 2.05) is 12.1 Å². The second kappa shape index (κ2) is 13.2. The van der Waals surface area contributed by atoms with Crippen LogP contribution in [0.4, 0.5) is 0 Å². The third-order valence-electron chi connectivity index (χ3n) is 7.27. The monoisotopic (exact) mass is 472 g/mol. The van der Waals surface area contributed by atoms with Crippen molar-refractivity contribution >= 4 is 11.6 Å². The second-order valence-corrected chi connectivity index (χ2v) is 10.2. The average molecular weight is 473 g/mol. The minimum Gasteiger partial charge on any atom is -0.493 e. The van der Waals surface area contributed by atoms with Crippen LogP contribution in [0.5, 0.6) is 11.5 Å². The summed E-state index contributed by atoms with van der Waals surface area (Å²) in [6.45, 7) is 6.65. The minimum atomic E-state index is 0.831. The Morgan fingerprint density at radius 2 is 1.42 bits per heavy atom. The van der Waals surface area contributed by atoms with Gasteiger partial charge in [-0.3, -0.25) is 0 Å². The Bertz CT molecular complexity index is 869. The first-order valence-electron chi connectivity index (χ1n) is 12.9. The molecule has 1 aliphatic heterocycles. The summed E-state index contributed by atoms with van der Waals surface area (Å²) in [5, 5.41) is 0.889. The van der Waals surface area contributed by atoms with Gasteiger partial charge in [-0.2, -0.15) is 0 Å². The van der Waals surface area contributed by atoms with E-state index in [2.05, 4.69) is 31.2 Å². The molecule has 0 bridgehead atoms. The Balaban J connectivity index is 1.67. The van der Waals surface area contributed by atoms with Crippen molar-refractivity contribution in [2.24, 2.45) is 0 Å². The molecule has 0 saturated carbocycles.